The molecule has 7 nitrogen and oxygen atoms in total. The Morgan fingerprint density at radius 1 is 1.20 bits per heavy atom. The minimum atomic E-state index is -1.12. The fourth-order valence-electron chi connectivity index (χ4n) is 2.73. The third kappa shape index (κ3) is 3.88. The molecule has 0 radical (unpaired) electrons. The molecular weight excluding hydrogens is 344 g/mol. The standard InChI is InChI=1S/C17H17ClN4O3/c18-13-10-19-17(21-8-4-5-9-21)20-15(13)16(25)22(11-14(23)24)12-6-2-1-3-7-12/h1-3,6-7,10H,4-5,8-9,11H2,(H,23,24). The molecule has 1 fully saturated rings. The molecule has 130 valence electrons. The zero-order chi connectivity index (χ0) is 17.8. The molecule has 0 aliphatic carbocycles. The zero-order valence-corrected chi connectivity index (χ0v) is 14.2. The second-order valence-electron chi connectivity index (χ2n) is 5.68. The van der Waals surface area contributed by atoms with Crippen molar-refractivity contribution in [2.45, 2.75) is 12.8 Å². The number of benzene rings is 1. The molecule has 1 aromatic carbocycles. The van der Waals surface area contributed by atoms with Gasteiger partial charge in [-0.05, 0) is 25.0 Å². The quantitative estimate of drug-likeness (QED) is 0.881. The number of carbonyl (C=O) groups is 2. The van der Waals surface area contributed by atoms with E-state index in [2.05, 4.69) is 9.97 Å². The molecule has 1 N–H and O–H groups in total. The van der Waals surface area contributed by atoms with Crippen LogP contribution >= 0.6 is 11.6 Å². The summed E-state index contributed by atoms with van der Waals surface area (Å²) < 4.78 is 0. The lowest BCUT2D eigenvalue weighted by Gasteiger charge is -2.22. The molecule has 3 rings (SSSR count). The number of carboxylic acid groups (broad SMARTS) is 1. The Hall–Kier alpha value is -2.67. The largest absolute Gasteiger partial charge is 0.480 e. The van der Waals surface area contributed by atoms with Gasteiger partial charge in [0.25, 0.3) is 5.91 Å². The number of amides is 1. The summed E-state index contributed by atoms with van der Waals surface area (Å²) in [6.45, 7) is 1.17. The van der Waals surface area contributed by atoms with Crippen molar-refractivity contribution >= 4 is 35.1 Å². The van der Waals surface area contributed by atoms with Gasteiger partial charge in [0, 0.05) is 18.8 Å². The summed E-state index contributed by atoms with van der Waals surface area (Å²) in [5.41, 5.74) is 0.468. The van der Waals surface area contributed by atoms with Crippen LogP contribution in [0.3, 0.4) is 0 Å². The number of carbonyl (C=O) groups excluding carboxylic acids is 1. The van der Waals surface area contributed by atoms with Crippen LogP contribution in [0.15, 0.2) is 36.5 Å². The summed E-state index contributed by atoms with van der Waals surface area (Å²) in [6.07, 6.45) is 3.48. The molecule has 2 heterocycles. The molecular formula is C17H17ClN4O3. The van der Waals surface area contributed by atoms with Crippen LogP contribution in [0.1, 0.15) is 23.3 Å². The first-order chi connectivity index (χ1) is 12.1. The van der Waals surface area contributed by atoms with Crippen LogP contribution in [0.5, 0.6) is 0 Å². The van der Waals surface area contributed by atoms with Crippen LogP contribution in [0.2, 0.25) is 5.02 Å². The number of nitrogens with zero attached hydrogens (tertiary/aromatic N) is 4. The van der Waals surface area contributed by atoms with Crippen molar-refractivity contribution in [3.8, 4) is 0 Å². The smallest absolute Gasteiger partial charge is 0.323 e. The number of aliphatic carboxylic acids is 1. The Morgan fingerprint density at radius 3 is 2.52 bits per heavy atom. The van der Waals surface area contributed by atoms with Gasteiger partial charge in [-0.25, -0.2) is 9.97 Å². The van der Waals surface area contributed by atoms with Crippen LogP contribution in [-0.2, 0) is 4.79 Å². The zero-order valence-electron chi connectivity index (χ0n) is 13.4. The Bertz CT molecular complexity index is 779. The number of halogens is 1. The molecule has 1 aromatic heterocycles. The Balaban J connectivity index is 1.96. The predicted octanol–water partition coefficient (Wildman–Crippen LogP) is 2.46. The fourth-order valence-corrected chi connectivity index (χ4v) is 2.90. The van der Waals surface area contributed by atoms with Crippen LogP contribution in [0, 0.1) is 0 Å². The van der Waals surface area contributed by atoms with Gasteiger partial charge in [0.2, 0.25) is 5.95 Å². The number of hydrogen-bond acceptors (Lipinski definition) is 5. The SMILES string of the molecule is O=C(O)CN(C(=O)c1nc(N2CCCC2)ncc1Cl)c1ccccc1. The fraction of sp³-hybridized carbons (Fsp3) is 0.294. The first-order valence-electron chi connectivity index (χ1n) is 7.92. The molecule has 25 heavy (non-hydrogen) atoms. The lowest BCUT2D eigenvalue weighted by Crippen LogP contribution is -2.36. The number of rotatable bonds is 5. The molecule has 0 bridgehead atoms. The van der Waals surface area contributed by atoms with Crippen molar-refractivity contribution in [3.05, 3.63) is 47.2 Å². The third-order valence-corrected chi connectivity index (χ3v) is 4.21. The van der Waals surface area contributed by atoms with Crippen LogP contribution in [0.25, 0.3) is 0 Å². The molecule has 1 aliphatic rings. The van der Waals surface area contributed by atoms with E-state index < -0.39 is 18.4 Å². The lowest BCUT2D eigenvalue weighted by molar-refractivity contribution is -0.135. The number of carboxylic acids is 1. The van der Waals surface area contributed by atoms with E-state index in [0.29, 0.717) is 11.6 Å². The third-order valence-electron chi connectivity index (χ3n) is 3.93. The summed E-state index contributed by atoms with van der Waals surface area (Å²) in [6, 6.07) is 8.58. The molecule has 0 saturated carbocycles. The Kier molecular flexibility index (Phi) is 5.14. The number of anilines is 2. The minimum absolute atomic E-state index is 0.00340. The number of para-hydroxylation sites is 1. The first kappa shape index (κ1) is 17.2. The van der Waals surface area contributed by atoms with Crippen molar-refractivity contribution in [2.24, 2.45) is 0 Å². The predicted molar refractivity (Wildman–Crippen MR) is 94.2 cm³/mol. The summed E-state index contributed by atoms with van der Waals surface area (Å²) in [4.78, 5) is 35.8. The maximum Gasteiger partial charge on any atom is 0.323 e. The monoisotopic (exact) mass is 360 g/mol. The molecule has 1 amide bonds. The summed E-state index contributed by atoms with van der Waals surface area (Å²) >= 11 is 6.13. The average Bonchev–Trinajstić information content (AvgIpc) is 3.15. The van der Waals surface area contributed by atoms with E-state index in [9.17, 15) is 9.59 Å². The molecule has 1 saturated heterocycles. The molecule has 0 spiro atoms. The second-order valence-corrected chi connectivity index (χ2v) is 6.09. The highest BCUT2D eigenvalue weighted by Gasteiger charge is 2.26. The van der Waals surface area contributed by atoms with Gasteiger partial charge in [0.1, 0.15) is 6.54 Å². The highest BCUT2D eigenvalue weighted by molar-refractivity contribution is 6.34. The van der Waals surface area contributed by atoms with Crippen molar-refractivity contribution in [2.75, 3.05) is 29.4 Å². The van der Waals surface area contributed by atoms with Gasteiger partial charge in [-0.2, -0.15) is 0 Å². The number of aromatic nitrogens is 2. The second kappa shape index (κ2) is 7.48. The maximum atomic E-state index is 12.9. The summed E-state index contributed by atoms with van der Waals surface area (Å²) in [5.74, 6) is -1.25. The lowest BCUT2D eigenvalue weighted by atomic mass is 10.2. The molecule has 0 unspecified atom stereocenters. The van der Waals surface area contributed by atoms with Gasteiger partial charge in [-0.1, -0.05) is 29.8 Å². The number of hydrogen-bond donors (Lipinski definition) is 1. The summed E-state index contributed by atoms with van der Waals surface area (Å²) in [5, 5.41) is 9.27. The van der Waals surface area contributed by atoms with E-state index in [4.69, 9.17) is 16.7 Å². The van der Waals surface area contributed by atoms with Gasteiger partial charge < -0.3 is 10.0 Å². The molecule has 1 aliphatic heterocycles. The van der Waals surface area contributed by atoms with E-state index in [1.54, 1.807) is 30.3 Å². The van der Waals surface area contributed by atoms with E-state index in [0.717, 1.165) is 30.8 Å². The van der Waals surface area contributed by atoms with Crippen molar-refractivity contribution in [1.82, 2.24) is 9.97 Å². The Morgan fingerprint density at radius 2 is 1.88 bits per heavy atom. The highest BCUT2D eigenvalue weighted by atomic mass is 35.5. The molecule has 8 heteroatoms. The average molecular weight is 361 g/mol. The minimum Gasteiger partial charge on any atom is -0.480 e. The van der Waals surface area contributed by atoms with Gasteiger partial charge in [-0.15, -0.1) is 0 Å². The molecule has 2 aromatic rings. The Labute approximate surface area is 149 Å². The van der Waals surface area contributed by atoms with Crippen LogP contribution in [0.4, 0.5) is 11.6 Å². The maximum absolute atomic E-state index is 12.9. The normalized spacial score (nSPS) is 13.7. The van der Waals surface area contributed by atoms with E-state index in [-0.39, 0.29) is 10.7 Å². The van der Waals surface area contributed by atoms with E-state index in [1.807, 2.05) is 4.90 Å². The summed E-state index contributed by atoms with van der Waals surface area (Å²) in [7, 11) is 0. The van der Waals surface area contributed by atoms with Gasteiger partial charge in [0.05, 0.1) is 11.2 Å². The van der Waals surface area contributed by atoms with Gasteiger partial charge in [-0.3, -0.25) is 14.5 Å². The molecule has 0 atom stereocenters. The van der Waals surface area contributed by atoms with Crippen molar-refractivity contribution < 1.29 is 14.7 Å². The van der Waals surface area contributed by atoms with Crippen molar-refractivity contribution in [1.29, 1.82) is 0 Å². The van der Waals surface area contributed by atoms with Gasteiger partial charge >= 0.3 is 5.97 Å². The van der Waals surface area contributed by atoms with Crippen LogP contribution < -0.4 is 9.80 Å². The van der Waals surface area contributed by atoms with Gasteiger partial charge in [0.15, 0.2) is 5.69 Å². The topological polar surface area (TPSA) is 86.6 Å². The van der Waals surface area contributed by atoms with Crippen molar-refractivity contribution in [3.63, 3.8) is 0 Å². The van der Waals surface area contributed by atoms with Crippen LogP contribution in [-0.4, -0.2) is 46.6 Å². The van der Waals surface area contributed by atoms with E-state index in [1.165, 1.54) is 6.20 Å². The highest BCUT2D eigenvalue weighted by Crippen LogP contribution is 2.23. The van der Waals surface area contributed by atoms with E-state index >= 15 is 0 Å². The first-order valence-corrected chi connectivity index (χ1v) is 8.30.